The van der Waals surface area contributed by atoms with Crippen LogP contribution < -0.4 is 9.50 Å². The standard InChI is InChI=1S/C18H18F2N4O6S/c1-18(19,20)31(28,29)30-15-7-6-13(24(26)27)8-14(15)16(25)23-17-21-9-12(10-22-17)11-4-2-3-5-11/h6-11H,2-5H2,1H3,(H,21,22,23,25). The first-order valence-electron chi connectivity index (χ1n) is 9.21. The van der Waals surface area contributed by atoms with E-state index in [-0.39, 0.29) is 12.9 Å². The third kappa shape index (κ3) is 5.10. The lowest BCUT2D eigenvalue weighted by Crippen LogP contribution is -2.30. The molecule has 31 heavy (non-hydrogen) atoms. The second-order valence-corrected chi connectivity index (χ2v) is 8.85. The zero-order valence-electron chi connectivity index (χ0n) is 16.2. The summed E-state index contributed by atoms with van der Waals surface area (Å²) < 4.78 is 54.3. The lowest BCUT2D eigenvalue weighted by molar-refractivity contribution is -0.384. The Kier molecular flexibility index (Phi) is 6.15. The van der Waals surface area contributed by atoms with Gasteiger partial charge in [0.25, 0.3) is 11.6 Å². The Morgan fingerprint density at radius 1 is 1.26 bits per heavy atom. The number of carbonyl (C=O) groups is 1. The second-order valence-electron chi connectivity index (χ2n) is 7.06. The number of hydrogen-bond donors (Lipinski definition) is 1. The second kappa shape index (κ2) is 8.49. The molecular weight excluding hydrogens is 438 g/mol. The van der Waals surface area contributed by atoms with Gasteiger partial charge in [0.1, 0.15) is 0 Å². The smallest absolute Gasteiger partial charge is 0.377 e. The van der Waals surface area contributed by atoms with Gasteiger partial charge in [-0.25, -0.2) is 9.97 Å². The highest BCUT2D eigenvalue weighted by atomic mass is 32.2. The van der Waals surface area contributed by atoms with Crippen LogP contribution in [-0.4, -0.2) is 34.5 Å². The van der Waals surface area contributed by atoms with Crippen molar-refractivity contribution >= 4 is 27.7 Å². The highest BCUT2D eigenvalue weighted by molar-refractivity contribution is 7.88. The molecule has 166 valence electrons. The SMILES string of the molecule is CC(F)(F)S(=O)(=O)Oc1ccc([N+](=O)[O-])cc1C(=O)Nc1ncc(C2CCCC2)cn1. The highest BCUT2D eigenvalue weighted by Gasteiger charge is 2.42. The van der Waals surface area contributed by atoms with Crippen molar-refractivity contribution in [1.29, 1.82) is 0 Å². The number of nitro benzene ring substituents is 1. The first-order chi connectivity index (χ1) is 14.5. The topological polar surface area (TPSA) is 141 Å². The number of anilines is 1. The fourth-order valence-corrected chi connectivity index (χ4v) is 3.64. The molecule has 0 atom stereocenters. The van der Waals surface area contributed by atoms with E-state index in [0.717, 1.165) is 43.4 Å². The van der Waals surface area contributed by atoms with E-state index in [2.05, 4.69) is 19.5 Å². The van der Waals surface area contributed by atoms with E-state index >= 15 is 0 Å². The molecular formula is C18H18F2N4O6S. The maximum Gasteiger partial charge on any atom is 0.377 e. The van der Waals surface area contributed by atoms with Crippen LogP contribution >= 0.6 is 0 Å². The predicted octanol–water partition coefficient (Wildman–Crippen LogP) is 3.62. The number of nitro groups is 1. The Bertz CT molecular complexity index is 1100. The lowest BCUT2D eigenvalue weighted by Gasteiger charge is -2.15. The Balaban J connectivity index is 1.87. The van der Waals surface area contributed by atoms with Crippen LogP contribution in [0, 0.1) is 10.1 Å². The van der Waals surface area contributed by atoms with Gasteiger partial charge in [0.05, 0.1) is 10.5 Å². The van der Waals surface area contributed by atoms with Crippen molar-refractivity contribution in [2.24, 2.45) is 0 Å². The third-order valence-electron chi connectivity index (χ3n) is 4.78. The summed E-state index contributed by atoms with van der Waals surface area (Å²) in [6, 6.07) is 2.28. The number of aromatic nitrogens is 2. The molecule has 0 aliphatic heterocycles. The number of nitrogens with zero attached hydrogens (tertiary/aromatic N) is 3. The van der Waals surface area contributed by atoms with E-state index in [0.29, 0.717) is 12.0 Å². The van der Waals surface area contributed by atoms with Crippen molar-refractivity contribution in [2.45, 2.75) is 43.8 Å². The Labute approximate surface area is 175 Å². The van der Waals surface area contributed by atoms with Crippen molar-refractivity contribution in [1.82, 2.24) is 9.97 Å². The van der Waals surface area contributed by atoms with Crippen LogP contribution in [0.5, 0.6) is 5.75 Å². The van der Waals surface area contributed by atoms with Gasteiger partial charge in [-0.3, -0.25) is 20.2 Å². The van der Waals surface area contributed by atoms with Crippen LogP contribution in [0.25, 0.3) is 0 Å². The number of carbonyl (C=O) groups excluding carboxylic acids is 1. The van der Waals surface area contributed by atoms with Crippen LogP contribution in [0.3, 0.4) is 0 Å². The lowest BCUT2D eigenvalue weighted by atomic mass is 10.0. The van der Waals surface area contributed by atoms with Crippen molar-refractivity contribution < 1.29 is 31.1 Å². The summed E-state index contributed by atoms with van der Waals surface area (Å²) in [5, 5.41) is 9.02. The van der Waals surface area contributed by atoms with E-state index in [1.54, 1.807) is 12.4 Å². The minimum atomic E-state index is -5.44. The van der Waals surface area contributed by atoms with Gasteiger partial charge >= 0.3 is 15.4 Å². The van der Waals surface area contributed by atoms with E-state index < -0.39 is 43.2 Å². The van der Waals surface area contributed by atoms with Gasteiger partial charge in [-0.15, -0.1) is 0 Å². The van der Waals surface area contributed by atoms with Gasteiger partial charge < -0.3 is 4.18 Å². The average Bonchev–Trinajstić information content (AvgIpc) is 3.22. The predicted molar refractivity (Wildman–Crippen MR) is 104 cm³/mol. The van der Waals surface area contributed by atoms with E-state index in [4.69, 9.17) is 0 Å². The molecule has 1 aliphatic carbocycles. The quantitative estimate of drug-likeness (QED) is 0.378. The number of hydrogen-bond acceptors (Lipinski definition) is 8. The van der Waals surface area contributed by atoms with Gasteiger partial charge in [-0.1, -0.05) is 12.8 Å². The molecule has 1 saturated carbocycles. The molecule has 1 fully saturated rings. The first kappa shape index (κ1) is 22.5. The number of non-ortho nitro benzene ring substituents is 1. The summed E-state index contributed by atoms with van der Waals surface area (Å²) in [5.74, 6) is -1.68. The fraction of sp³-hybridized carbons (Fsp3) is 0.389. The minimum absolute atomic E-state index is 0.104. The molecule has 1 aliphatic rings. The van der Waals surface area contributed by atoms with Crippen LogP contribution in [0.15, 0.2) is 30.6 Å². The van der Waals surface area contributed by atoms with Crippen LogP contribution in [-0.2, 0) is 10.1 Å². The number of halogens is 2. The van der Waals surface area contributed by atoms with Crippen molar-refractivity contribution in [3.8, 4) is 5.75 Å². The summed E-state index contributed by atoms with van der Waals surface area (Å²) in [5.41, 5.74) is -0.313. The molecule has 1 aromatic carbocycles. The Morgan fingerprint density at radius 3 is 2.42 bits per heavy atom. The monoisotopic (exact) mass is 456 g/mol. The molecule has 0 saturated heterocycles. The molecule has 2 aromatic rings. The number of rotatable bonds is 7. The van der Waals surface area contributed by atoms with E-state index in [1.807, 2.05) is 0 Å². The van der Waals surface area contributed by atoms with Crippen LogP contribution in [0.4, 0.5) is 20.4 Å². The number of alkyl halides is 2. The molecule has 10 nitrogen and oxygen atoms in total. The number of amides is 1. The van der Waals surface area contributed by atoms with E-state index in [1.165, 1.54) is 0 Å². The van der Waals surface area contributed by atoms with Crippen molar-refractivity contribution in [3.63, 3.8) is 0 Å². The summed E-state index contributed by atoms with van der Waals surface area (Å²) in [4.78, 5) is 30.9. The molecule has 13 heteroatoms. The van der Waals surface area contributed by atoms with Crippen LogP contribution in [0.2, 0.25) is 0 Å². The molecule has 0 unspecified atom stereocenters. The molecule has 0 bridgehead atoms. The summed E-state index contributed by atoms with van der Waals surface area (Å²) in [6.45, 7) is 0.104. The Hall–Kier alpha value is -3.22. The highest BCUT2D eigenvalue weighted by Crippen LogP contribution is 2.34. The third-order valence-corrected chi connectivity index (χ3v) is 6.06. The molecule has 3 rings (SSSR count). The first-order valence-corrected chi connectivity index (χ1v) is 10.6. The van der Waals surface area contributed by atoms with Gasteiger partial charge in [-0.05, 0) is 30.4 Å². The normalized spacial score (nSPS) is 14.9. The van der Waals surface area contributed by atoms with Gasteiger partial charge in [0.2, 0.25) is 5.95 Å². The zero-order valence-corrected chi connectivity index (χ0v) is 17.1. The van der Waals surface area contributed by atoms with Gasteiger partial charge in [0.15, 0.2) is 5.75 Å². The molecule has 1 heterocycles. The van der Waals surface area contributed by atoms with Gasteiger partial charge in [-0.2, -0.15) is 17.2 Å². The molecule has 1 aromatic heterocycles. The van der Waals surface area contributed by atoms with Crippen LogP contribution in [0.1, 0.15) is 54.4 Å². The number of benzene rings is 1. The maximum atomic E-state index is 13.3. The fourth-order valence-electron chi connectivity index (χ4n) is 3.11. The van der Waals surface area contributed by atoms with Crippen molar-refractivity contribution in [2.75, 3.05) is 5.32 Å². The average molecular weight is 456 g/mol. The summed E-state index contributed by atoms with van der Waals surface area (Å²) in [7, 11) is -5.44. The minimum Gasteiger partial charge on any atom is -0.377 e. The summed E-state index contributed by atoms with van der Waals surface area (Å²) in [6.07, 6.45) is 7.34. The zero-order chi connectivity index (χ0) is 22.8. The van der Waals surface area contributed by atoms with E-state index in [9.17, 15) is 32.1 Å². The molecule has 1 amide bonds. The molecule has 0 radical (unpaired) electrons. The molecule has 0 spiro atoms. The Morgan fingerprint density at radius 2 is 1.87 bits per heavy atom. The van der Waals surface area contributed by atoms with Crippen molar-refractivity contribution in [3.05, 3.63) is 51.8 Å². The summed E-state index contributed by atoms with van der Waals surface area (Å²) >= 11 is 0. The number of nitrogens with one attached hydrogen (secondary N) is 1. The largest absolute Gasteiger partial charge is 0.377 e. The van der Waals surface area contributed by atoms with Gasteiger partial charge in [0, 0.05) is 31.5 Å². The maximum absolute atomic E-state index is 13.3. The molecule has 1 N–H and O–H groups in total.